The molecule has 20 rings (SSSR count). The van der Waals surface area contributed by atoms with Crippen LogP contribution in [0.1, 0.15) is 144 Å². The fourth-order valence-corrected chi connectivity index (χ4v) is 18.6. The van der Waals surface area contributed by atoms with Crippen LogP contribution in [0.25, 0.3) is 111 Å². The van der Waals surface area contributed by atoms with Crippen molar-refractivity contribution in [3.63, 3.8) is 0 Å². The van der Waals surface area contributed by atoms with Crippen LogP contribution in [-0.4, -0.2) is 15.8 Å². The standard InChI is InChI=1S/C116H104BN5/c1-112(2,3)83-51-57-103-97(67-83)98-68-84(113(4,5)6)52-58-104(98)120(103)93-73-108-110-109(74-93)122(111-95(77-40-26-18-27-41-77)69-87(116(13,14)15)70-96(111)78-42-28-19-29-43-78)107-72-91(119-102-49-35-34-48-94(102)99-71-90(54-59-105(99)119)118(88-44-30-20-31-45-88)89-46-32-21-33-47-89)53-56-101(107)117(110)100-55-50-79(82-61-85(114(7,8)9)66-86(62-82)115(10,11)12)65-106(100)121(108)92-63-80(75-36-22-16-23-37-75)60-81(64-92)76-38-24-17-25-39-76/h16-74H,1-15H3/i20D,30D,31D,34D,35D,44D,45D,48D,49D. The summed E-state index contributed by atoms with van der Waals surface area (Å²) in [5.74, 6) is 0. The summed E-state index contributed by atoms with van der Waals surface area (Å²) in [5.41, 5.74) is 29.2. The normalized spacial score (nSPS) is 14.0. The second-order valence-corrected chi connectivity index (χ2v) is 38.4. The first-order chi connectivity index (χ1) is 62.4. The highest BCUT2D eigenvalue weighted by Gasteiger charge is 2.46. The monoisotopic (exact) mass is 1590 g/mol. The number of nitrogens with zero attached hydrogens (tertiary/aromatic N) is 5. The topological polar surface area (TPSA) is 19.6 Å². The molecule has 5 nitrogen and oxygen atoms in total. The van der Waals surface area contributed by atoms with Crippen molar-refractivity contribution in [2.75, 3.05) is 14.7 Å². The van der Waals surface area contributed by atoms with Gasteiger partial charge in [-0.25, -0.2) is 0 Å². The van der Waals surface area contributed by atoms with E-state index in [0.29, 0.717) is 28.0 Å². The predicted octanol–water partition coefficient (Wildman–Crippen LogP) is 30.3. The molecule has 0 amide bonds. The Balaban J connectivity index is 0.980. The highest BCUT2D eigenvalue weighted by Crippen LogP contribution is 2.55. The molecule has 4 heterocycles. The van der Waals surface area contributed by atoms with Gasteiger partial charge in [0.1, 0.15) is 0 Å². The molecule has 0 spiro atoms. The van der Waals surface area contributed by atoms with Crippen molar-refractivity contribution in [1.29, 1.82) is 0 Å². The molecule has 0 aliphatic carbocycles. The van der Waals surface area contributed by atoms with Crippen molar-refractivity contribution < 1.29 is 12.3 Å². The van der Waals surface area contributed by atoms with E-state index in [2.05, 4.69) is 373 Å². The van der Waals surface area contributed by atoms with Crippen molar-refractivity contribution in [3.8, 4) is 67.0 Å². The van der Waals surface area contributed by atoms with Crippen molar-refractivity contribution in [1.82, 2.24) is 9.13 Å². The molecule has 596 valence electrons. The molecule has 122 heavy (non-hydrogen) atoms. The van der Waals surface area contributed by atoms with Gasteiger partial charge in [0.05, 0.1) is 45.8 Å². The SMILES string of the molecule is [2H]c1c([2H])c([2H])c(N(c2ccccc2)c2ccc3c(c2)c2c([2H])c([2H])c([2H])c([2H])c2n3-c2ccc3c(c2)N(c2c(-c4ccccc4)cc(C(C)(C)C)cc2-c2ccccc2)c2cc(-n4c5ccc(C(C)(C)C)cc5c5cc(C(C)(C)C)ccc54)cc4c2B3c2ccc(-c3cc(C(C)(C)C)cc(C(C)(C)C)c3)cc2N4c2cc(-c3ccccc3)cc(-c3ccccc3)c2)c([2H])c1[2H]. The molecule has 0 saturated heterocycles. The van der Waals surface area contributed by atoms with Gasteiger partial charge in [0.15, 0.2) is 0 Å². The van der Waals surface area contributed by atoms with Gasteiger partial charge < -0.3 is 23.8 Å². The second-order valence-electron chi connectivity index (χ2n) is 38.4. The number of benzene rings is 16. The minimum atomic E-state index is -0.528. The summed E-state index contributed by atoms with van der Waals surface area (Å²) in [7, 11) is 0. The zero-order valence-electron chi connectivity index (χ0n) is 81.2. The van der Waals surface area contributed by atoms with Gasteiger partial charge in [-0.1, -0.05) is 328 Å². The van der Waals surface area contributed by atoms with Crippen LogP contribution >= 0.6 is 0 Å². The molecule has 2 aromatic heterocycles. The number of hydrogen-bond donors (Lipinski definition) is 0. The smallest absolute Gasteiger partial charge is 0.252 e. The first-order valence-corrected chi connectivity index (χ1v) is 42.7. The number of para-hydroxylation sites is 3. The summed E-state index contributed by atoms with van der Waals surface area (Å²) >= 11 is 0. The summed E-state index contributed by atoms with van der Waals surface area (Å²) in [6, 6.07) is 106. The van der Waals surface area contributed by atoms with Crippen LogP contribution < -0.4 is 31.1 Å². The zero-order valence-corrected chi connectivity index (χ0v) is 72.2. The fraction of sp³-hybridized carbons (Fsp3) is 0.172. The molecule has 0 bridgehead atoms. The molecule has 2 aliphatic rings. The molecule has 16 aromatic carbocycles. The maximum atomic E-state index is 10.3. The predicted molar refractivity (Wildman–Crippen MR) is 525 cm³/mol. The van der Waals surface area contributed by atoms with E-state index < -0.39 is 49.0 Å². The van der Waals surface area contributed by atoms with Crippen LogP contribution in [0, 0.1) is 0 Å². The van der Waals surface area contributed by atoms with Gasteiger partial charge >= 0.3 is 0 Å². The number of hydrogen-bond acceptors (Lipinski definition) is 3. The van der Waals surface area contributed by atoms with Gasteiger partial charge in [0.2, 0.25) is 0 Å². The summed E-state index contributed by atoms with van der Waals surface area (Å²) in [5, 5.41) is 2.98. The van der Waals surface area contributed by atoms with E-state index in [-0.39, 0.29) is 55.8 Å². The van der Waals surface area contributed by atoms with E-state index in [1.165, 1.54) is 22.3 Å². The average Bonchev–Trinajstić information content (AvgIpc) is 1.43. The second kappa shape index (κ2) is 29.2. The Hall–Kier alpha value is -13.4. The Bertz CT molecular complexity index is 7470. The number of fused-ring (bicyclic) bond motifs is 10. The molecule has 0 radical (unpaired) electrons. The summed E-state index contributed by atoms with van der Waals surface area (Å²) in [4.78, 5) is 6.79. The van der Waals surface area contributed by atoms with Crippen molar-refractivity contribution in [2.24, 2.45) is 0 Å². The van der Waals surface area contributed by atoms with E-state index in [9.17, 15) is 8.22 Å². The lowest BCUT2D eigenvalue weighted by molar-refractivity contribution is 0.569. The van der Waals surface area contributed by atoms with E-state index in [1.807, 2.05) is 53.1 Å². The highest BCUT2D eigenvalue weighted by atomic mass is 15.2. The van der Waals surface area contributed by atoms with Gasteiger partial charge in [-0.2, -0.15) is 0 Å². The number of anilines is 9. The van der Waals surface area contributed by atoms with Crippen molar-refractivity contribution in [2.45, 2.75) is 131 Å². The van der Waals surface area contributed by atoms with Crippen LogP contribution in [-0.2, 0) is 27.1 Å². The van der Waals surface area contributed by atoms with Gasteiger partial charge in [-0.05, 0) is 249 Å². The minimum Gasteiger partial charge on any atom is -0.311 e. The molecule has 0 atom stereocenters. The molecule has 18 aromatic rings. The quantitative estimate of drug-likeness (QED) is 0.114. The van der Waals surface area contributed by atoms with Crippen LogP contribution in [0.5, 0.6) is 0 Å². The maximum absolute atomic E-state index is 10.3. The number of rotatable bonds is 12. The van der Waals surface area contributed by atoms with Crippen LogP contribution in [0.3, 0.4) is 0 Å². The van der Waals surface area contributed by atoms with E-state index in [1.54, 1.807) is 4.90 Å². The van der Waals surface area contributed by atoms with Crippen molar-refractivity contribution in [3.05, 3.63) is 386 Å². The summed E-state index contributed by atoms with van der Waals surface area (Å²) in [6.45, 7) is 34.0. The van der Waals surface area contributed by atoms with Gasteiger partial charge in [-0.15, -0.1) is 0 Å². The third kappa shape index (κ3) is 13.5. The lowest BCUT2D eigenvalue weighted by Crippen LogP contribution is -2.61. The van der Waals surface area contributed by atoms with E-state index in [4.69, 9.17) is 4.11 Å². The average molecular weight is 1590 g/mol. The maximum Gasteiger partial charge on any atom is 0.252 e. The number of aromatic nitrogens is 2. The molecule has 0 N–H and O–H groups in total. The van der Waals surface area contributed by atoms with Crippen molar-refractivity contribution >= 4 is 118 Å². The molecule has 6 heteroatoms. The third-order valence-electron chi connectivity index (χ3n) is 25.2. The van der Waals surface area contributed by atoms with Crippen LogP contribution in [0.2, 0.25) is 0 Å². The summed E-state index contributed by atoms with van der Waals surface area (Å²) < 4.78 is 90.0. The zero-order chi connectivity index (χ0) is 91.9. The van der Waals surface area contributed by atoms with Crippen LogP contribution in [0.4, 0.5) is 51.2 Å². The molecule has 0 fully saturated rings. The van der Waals surface area contributed by atoms with E-state index in [0.717, 1.165) is 139 Å². The van der Waals surface area contributed by atoms with Gasteiger partial charge in [0, 0.05) is 83.9 Å². The third-order valence-corrected chi connectivity index (χ3v) is 25.2. The Kier molecular flexibility index (Phi) is 16.1. The molecule has 0 unspecified atom stereocenters. The fourth-order valence-electron chi connectivity index (χ4n) is 18.6. The lowest BCUT2D eigenvalue weighted by Gasteiger charge is -2.45. The Morgan fingerprint density at radius 2 is 0.680 bits per heavy atom. The highest BCUT2D eigenvalue weighted by molar-refractivity contribution is 7.00. The molecular weight excluding hydrogens is 1470 g/mol. The van der Waals surface area contributed by atoms with E-state index >= 15 is 0 Å². The first-order valence-electron chi connectivity index (χ1n) is 47.2. The molecular formula is C116H104BN5. The Labute approximate surface area is 733 Å². The summed E-state index contributed by atoms with van der Waals surface area (Å²) in [6.07, 6.45) is 0. The Morgan fingerprint density at radius 1 is 0.254 bits per heavy atom. The molecule has 0 saturated carbocycles. The Morgan fingerprint density at radius 3 is 1.20 bits per heavy atom. The van der Waals surface area contributed by atoms with Gasteiger partial charge in [0.25, 0.3) is 6.71 Å². The largest absolute Gasteiger partial charge is 0.311 e. The molecule has 2 aliphatic heterocycles. The van der Waals surface area contributed by atoms with Gasteiger partial charge in [-0.3, -0.25) is 0 Å². The van der Waals surface area contributed by atoms with Crippen LogP contribution in [0.15, 0.2) is 358 Å². The first kappa shape index (κ1) is 67.4. The minimum absolute atomic E-state index is 0.0815. The lowest BCUT2D eigenvalue weighted by atomic mass is 9.33.